The van der Waals surface area contributed by atoms with Crippen LogP contribution in [0.4, 0.5) is 0 Å². The van der Waals surface area contributed by atoms with Gasteiger partial charge in [-0.3, -0.25) is 4.79 Å². The third-order valence-electron chi connectivity index (χ3n) is 3.70. The molecule has 0 aromatic heterocycles. The third kappa shape index (κ3) is 2.55. The molecule has 1 aliphatic heterocycles. The summed E-state index contributed by atoms with van der Waals surface area (Å²) in [7, 11) is 3.71. The van der Waals surface area contributed by atoms with Gasteiger partial charge in [0, 0.05) is 25.0 Å². The number of amidine groups is 1. The fourth-order valence-corrected chi connectivity index (χ4v) is 2.30. The first-order chi connectivity index (χ1) is 10.6. The number of carbonyl (C=O) groups excluding carboxylic acids is 1. The lowest BCUT2D eigenvalue weighted by Crippen LogP contribution is -2.19. The molecule has 0 atom stereocenters. The predicted molar refractivity (Wildman–Crippen MR) is 89.5 cm³/mol. The fourth-order valence-electron chi connectivity index (χ4n) is 2.30. The molecule has 1 amide bonds. The number of aromatic nitrogens is 1. The van der Waals surface area contributed by atoms with Gasteiger partial charge in [-0.05, 0) is 18.4 Å². The molecule has 0 fully saturated rings. The summed E-state index contributed by atoms with van der Waals surface area (Å²) in [5.41, 5.74) is 2.16. The highest BCUT2D eigenvalue weighted by molar-refractivity contribution is 6.04. The van der Waals surface area contributed by atoms with Crippen molar-refractivity contribution in [1.82, 2.24) is 9.88 Å². The Kier molecular flexibility index (Phi) is 3.59. The Labute approximate surface area is 129 Å². The van der Waals surface area contributed by atoms with E-state index in [0.29, 0.717) is 11.5 Å². The minimum absolute atomic E-state index is 0.311. The zero-order valence-electron chi connectivity index (χ0n) is 12.9. The van der Waals surface area contributed by atoms with Crippen LogP contribution in [0.2, 0.25) is 0 Å². The summed E-state index contributed by atoms with van der Waals surface area (Å²) < 4.78 is 0. The van der Waals surface area contributed by atoms with Crippen LogP contribution in [0, 0.1) is 0 Å². The standard InChI is InChI=1S/C18H17N3O/c1-12(21(2)3)19-18(22)16-11-14-9-6-8-13-7-4-5-10-15(13)17(14)20-16/h4-11H,1-3H3. The van der Waals surface area contributed by atoms with Crippen molar-refractivity contribution in [2.24, 2.45) is 4.99 Å². The Morgan fingerprint density at radius 1 is 1.09 bits per heavy atom. The third-order valence-corrected chi connectivity index (χ3v) is 3.70. The average Bonchev–Trinajstić information content (AvgIpc) is 2.84. The maximum absolute atomic E-state index is 12.3. The molecule has 0 radical (unpaired) electrons. The maximum atomic E-state index is 12.3. The Morgan fingerprint density at radius 2 is 1.82 bits per heavy atom. The van der Waals surface area contributed by atoms with Crippen molar-refractivity contribution < 1.29 is 4.79 Å². The average molecular weight is 291 g/mol. The number of benzene rings is 1. The Balaban J connectivity index is 2.14. The zero-order valence-corrected chi connectivity index (χ0v) is 12.9. The normalized spacial score (nSPS) is 11.9. The number of aliphatic imine (C=N–C) groups is 1. The van der Waals surface area contributed by atoms with Gasteiger partial charge in [-0.25, -0.2) is 4.98 Å². The molecule has 0 bridgehead atoms. The second-order valence-corrected chi connectivity index (χ2v) is 5.42. The minimum atomic E-state index is -0.311. The summed E-state index contributed by atoms with van der Waals surface area (Å²) in [5, 5.41) is 2.14. The molecular formula is C18H17N3O. The lowest BCUT2D eigenvalue weighted by molar-refractivity contribution is 0.0997. The van der Waals surface area contributed by atoms with Gasteiger partial charge in [0.1, 0.15) is 11.5 Å². The predicted octanol–water partition coefficient (Wildman–Crippen LogP) is 3.46. The molecule has 1 aromatic rings. The highest BCUT2D eigenvalue weighted by atomic mass is 16.1. The van der Waals surface area contributed by atoms with Crippen molar-refractivity contribution in [2.75, 3.05) is 14.1 Å². The Hall–Kier alpha value is -2.75. The quantitative estimate of drug-likeness (QED) is 0.509. The Morgan fingerprint density at radius 3 is 2.59 bits per heavy atom. The van der Waals surface area contributed by atoms with Crippen LogP contribution in [0.5, 0.6) is 0 Å². The van der Waals surface area contributed by atoms with Crippen molar-refractivity contribution in [3.05, 3.63) is 54.2 Å². The van der Waals surface area contributed by atoms with Gasteiger partial charge in [-0.1, -0.05) is 42.5 Å². The van der Waals surface area contributed by atoms with E-state index < -0.39 is 0 Å². The highest BCUT2D eigenvalue weighted by Crippen LogP contribution is 2.29. The van der Waals surface area contributed by atoms with E-state index in [4.69, 9.17) is 0 Å². The van der Waals surface area contributed by atoms with Crippen LogP contribution < -0.4 is 0 Å². The molecule has 1 aromatic carbocycles. The van der Waals surface area contributed by atoms with Gasteiger partial charge in [0.2, 0.25) is 0 Å². The SMILES string of the molecule is CC(=NC(=O)c1cc2cccc3ccccc3c-2n1)N(C)C. The number of amides is 1. The number of carbonyl (C=O) groups is 1. The molecule has 1 heterocycles. The first-order valence-corrected chi connectivity index (χ1v) is 7.12. The fraction of sp³-hybridized carbons (Fsp3) is 0.167. The second-order valence-electron chi connectivity index (χ2n) is 5.42. The number of nitrogens with zero attached hydrogens (tertiary/aromatic N) is 3. The van der Waals surface area contributed by atoms with Crippen molar-refractivity contribution in [3.8, 4) is 11.3 Å². The molecule has 22 heavy (non-hydrogen) atoms. The number of rotatable bonds is 1. The molecule has 2 aliphatic rings. The van der Waals surface area contributed by atoms with Crippen LogP contribution in [0.3, 0.4) is 0 Å². The summed E-state index contributed by atoms with van der Waals surface area (Å²) in [5.74, 6) is 0.349. The van der Waals surface area contributed by atoms with Crippen molar-refractivity contribution in [2.45, 2.75) is 6.92 Å². The largest absolute Gasteiger partial charge is 0.366 e. The van der Waals surface area contributed by atoms with E-state index in [1.165, 1.54) is 0 Å². The van der Waals surface area contributed by atoms with Crippen LogP contribution in [-0.4, -0.2) is 35.7 Å². The molecule has 4 nitrogen and oxygen atoms in total. The summed E-state index contributed by atoms with van der Waals surface area (Å²) in [6, 6.07) is 15.8. The van der Waals surface area contributed by atoms with Crippen molar-refractivity contribution in [1.29, 1.82) is 0 Å². The van der Waals surface area contributed by atoms with Crippen LogP contribution >= 0.6 is 0 Å². The van der Waals surface area contributed by atoms with Gasteiger partial charge < -0.3 is 4.90 Å². The first kappa shape index (κ1) is 14.2. The van der Waals surface area contributed by atoms with Crippen LogP contribution in [0.15, 0.2) is 53.5 Å². The van der Waals surface area contributed by atoms with Gasteiger partial charge in [0.25, 0.3) is 5.91 Å². The number of fused-ring (bicyclic) bond motifs is 3. The van der Waals surface area contributed by atoms with Gasteiger partial charge in [0.05, 0.1) is 5.69 Å². The summed E-state index contributed by atoms with van der Waals surface area (Å²) in [4.78, 5) is 22.7. The van der Waals surface area contributed by atoms with Gasteiger partial charge in [0.15, 0.2) is 0 Å². The first-order valence-electron chi connectivity index (χ1n) is 7.12. The van der Waals surface area contributed by atoms with E-state index >= 15 is 0 Å². The van der Waals surface area contributed by atoms with E-state index in [1.54, 1.807) is 17.9 Å². The number of hydrogen-bond acceptors (Lipinski definition) is 2. The van der Waals surface area contributed by atoms with Crippen LogP contribution in [0.1, 0.15) is 17.4 Å². The monoisotopic (exact) mass is 291 g/mol. The van der Waals surface area contributed by atoms with Gasteiger partial charge in [-0.15, -0.1) is 0 Å². The lowest BCUT2D eigenvalue weighted by Gasteiger charge is -2.09. The molecule has 0 N–H and O–H groups in total. The highest BCUT2D eigenvalue weighted by Gasteiger charge is 2.16. The molecular weight excluding hydrogens is 274 g/mol. The van der Waals surface area contributed by atoms with Gasteiger partial charge >= 0.3 is 0 Å². The summed E-state index contributed by atoms with van der Waals surface area (Å²) in [6.45, 7) is 1.80. The van der Waals surface area contributed by atoms with Crippen molar-refractivity contribution >= 4 is 22.5 Å². The van der Waals surface area contributed by atoms with E-state index in [9.17, 15) is 4.79 Å². The molecule has 0 saturated carbocycles. The zero-order chi connectivity index (χ0) is 15.7. The molecule has 110 valence electrons. The maximum Gasteiger partial charge on any atom is 0.297 e. The van der Waals surface area contributed by atoms with Crippen molar-refractivity contribution in [3.63, 3.8) is 0 Å². The molecule has 4 heteroatoms. The topological polar surface area (TPSA) is 45.6 Å². The Bertz CT molecular complexity index is 852. The molecule has 3 rings (SSSR count). The molecule has 0 unspecified atom stereocenters. The number of hydrogen-bond donors (Lipinski definition) is 0. The minimum Gasteiger partial charge on any atom is -0.366 e. The summed E-state index contributed by atoms with van der Waals surface area (Å²) in [6.07, 6.45) is 0. The molecule has 0 saturated heterocycles. The van der Waals surface area contributed by atoms with Gasteiger partial charge in [-0.2, -0.15) is 4.99 Å². The molecule has 0 spiro atoms. The summed E-state index contributed by atoms with van der Waals surface area (Å²) >= 11 is 0. The second kappa shape index (κ2) is 5.56. The lowest BCUT2D eigenvalue weighted by atomic mass is 10.1. The van der Waals surface area contributed by atoms with Crippen LogP contribution in [-0.2, 0) is 0 Å². The van der Waals surface area contributed by atoms with E-state index in [0.717, 1.165) is 22.0 Å². The van der Waals surface area contributed by atoms with Crippen LogP contribution in [0.25, 0.3) is 22.0 Å². The van der Waals surface area contributed by atoms with E-state index in [1.807, 2.05) is 56.6 Å². The van der Waals surface area contributed by atoms with E-state index in [-0.39, 0.29) is 5.91 Å². The smallest absolute Gasteiger partial charge is 0.297 e. The molecule has 1 aliphatic carbocycles. The van der Waals surface area contributed by atoms with E-state index in [2.05, 4.69) is 9.98 Å².